The van der Waals surface area contributed by atoms with Gasteiger partial charge in [0.05, 0.1) is 18.6 Å². The van der Waals surface area contributed by atoms with Gasteiger partial charge in [-0.25, -0.2) is 4.98 Å². The van der Waals surface area contributed by atoms with E-state index in [1.807, 2.05) is 24.3 Å². The monoisotopic (exact) mass is 311 g/mol. The van der Waals surface area contributed by atoms with E-state index in [4.69, 9.17) is 4.74 Å². The molecule has 2 aliphatic rings. The van der Waals surface area contributed by atoms with Crippen LogP contribution in [0.5, 0.6) is 5.75 Å². The van der Waals surface area contributed by atoms with Crippen LogP contribution in [0.25, 0.3) is 0 Å². The molecule has 4 rings (SSSR count). The molecular formula is C17H17N3O3. The molecule has 0 N–H and O–H groups in total. The Bertz CT molecular complexity index is 843. The molecule has 3 heterocycles. The molecule has 0 saturated carbocycles. The van der Waals surface area contributed by atoms with E-state index < -0.39 is 0 Å². The van der Waals surface area contributed by atoms with Gasteiger partial charge in [-0.15, -0.1) is 0 Å². The maximum Gasteiger partial charge on any atom is 0.256 e. The molecule has 6 nitrogen and oxygen atoms in total. The molecule has 0 spiro atoms. The summed E-state index contributed by atoms with van der Waals surface area (Å²) in [6.45, 7) is 1.32. The number of nitrogens with zero attached hydrogens (tertiary/aromatic N) is 3. The fourth-order valence-electron chi connectivity index (χ4n) is 3.29. The average Bonchev–Trinajstić information content (AvgIpc) is 3.01. The van der Waals surface area contributed by atoms with Crippen molar-refractivity contribution < 1.29 is 9.53 Å². The molecule has 1 amide bonds. The van der Waals surface area contributed by atoms with Crippen LogP contribution in [-0.2, 0) is 24.8 Å². The van der Waals surface area contributed by atoms with E-state index in [0.717, 1.165) is 16.9 Å². The molecule has 1 unspecified atom stereocenters. The first-order valence-electron chi connectivity index (χ1n) is 7.69. The summed E-state index contributed by atoms with van der Waals surface area (Å²) in [7, 11) is 1.69. The average molecular weight is 311 g/mol. The minimum Gasteiger partial charge on any atom is -0.492 e. The Kier molecular flexibility index (Phi) is 3.18. The van der Waals surface area contributed by atoms with Crippen molar-refractivity contribution in [1.82, 2.24) is 14.5 Å². The largest absolute Gasteiger partial charge is 0.492 e. The van der Waals surface area contributed by atoms with Crippen LogP contribution in [0.3, 0.4) is 0 Å². The molecule has 2 aliphatic heterocycles. The van der Waals surface area contributed by atoms with Gasteiger partial charge in [-0.05, 0) is 12.5 Å². The van der Waals surface area contributed by atoms with Crippen LogP contribution in [0.15, 0.2) is 35.4 Å². The topological polar surface area (TPSA) is 64.4 Å². The number of rotatable bonds is 1. The number of carbonyl (C=O) groups excluding carboxylic acids is 1. The Morgan fingerprint density at radius 1 is 1.35 bits per heavy atom. The highest BCUT2D eigenvalue weighted by Crippen LogP contribution is 2.35. The Morgan fingerprint density at radius 3 is 3.04 bits per heavy atom. The quantitative estimate of drug-likeness (QED) is 0.783. The first-order chi connectivity index (χ1) is 11.1. The van der Waals surface area contributed by atoms with Gasteiger partial charge in [0.1, 0.15) is 18.3 Å². The number of carbonyl (C=O) groups is 1. The van der Waals surface area contributed by atoms with Crippen LogP contribution in [0, 0.1) is 0 Å². The molecule has 0 saturated heterocycles. The lowest BCUT2D eigenvalue weighted by atomic mass is 9.98. The van der Waals surface area contributed by atoms with Crippen molar-refractivity contribution in [3.8, 4) is 5.75 Å². The summed E-state index contributed by atoms with van der Waals surface area (Å²) in [5, 5.41) is 0. The summed E-state index contributed by atoms with van der Waals surface area (Å²) in [6, 6.07) is 7.66. The van der Waals surface area contributed by atoms with Crippen molar-refractivity contribution in [1.29, 1.82) is 0 Å². The minimum atomic E-state index is -0.265. The third-order valence-electron chi connectivity index (χ3n) is 4.60. The zero-order chi connectivity index (χ0) is 16.0. The van der Waals surface area contributed by atoms with Crippen LogP contribution < -0.4 is 10.3 Å². The lowest BCUT2D eigenvalue weighted by molar-refractivity contribution is -0.134. The number of aryl methyl sites for hydroxylation is 1. The highest BCUT2D eigenvalue weighted by atomic mass is 16.5. The first-order valence-corrected chi connectivity index (χ1v) is 7.69. The third-order valence-corrected chi connectivity index (χ3v) is 4.60. The van der Waals surface area contributed by atoms with E-state index in [2.05, 4.69) is 4.98 Å². The van der Waals surface area contributed by atoms with Gasteiger partial charge in [0.25, 0.3) is 5.56 Å². The van der Waals surface area contributed by atoms with Crippen LogP contribution >= 0.6 is 0 Å². The smallest absolute Gasteiger partial charge is 0.256 e. The predicted molar refractivity (Wildman–Crippen MR) is 83.3 cm³/mol. The SMILES string of the molecule is Cn1cnc2c(c1=O)CCN(C(=O)C1COc3ccccc31)C2. The van der Waals surface area contributed by atoms with Crippen molar-refractivity contribution >= 4 is 5.91 Å². The fraction of sp³-hybridized carbons (Fsp3) is 0.353. The molecule has 0 fully saturated rings. The molecule has 0 bridgehead atoms. The summed E-state index contributed by atoms with van der Waals surface area (Å²) in [5.41, 5.74) is 2.36. The van der Waals surface area contributed by atoms with Crippen molar-refractivity contribution in [3.63, 3.8) is 0 Å². The molecule has 23 heavy (non-hydrogen) atoms. The maximum absolute atomic E-state index is 12.9. The van der Waals surface area contributed by atoms with E-state index in [0.29, 0.717) is 31.8 Å². The molecule has 6 heteroatoms. The molecule has 1 atom stereocenters. The van der Waals surface area contributed by atoms with Crippen molar-refractivity contribution in [3.05, 3.63) is 57.8 Å². The Hall–Kier alpha value is -2.63. The van der Waals surface area contributed by atoms with E-state index in [-0.39, 0.29) is 17.4 Å². The number of hydrogen-bond donors (Lipinski definition) is 0. The number of ether oxygens (including phenoxy) is 1. The van der Waals surface area contributed by atoms with Crippen LogP contribution in [0.4, 0.5) is 0 Å². The van der Waals surface area contributed by atoms with Crippen molar-refractivity contribution in [2.45, 2.75) is 18.9 Å². The van der Waals surface area contributed by atoms with E-state index >= 15 is 0 Å². The molecule has 118 valence electrons. The van der Waals surface area contributed by atoms with Crippen LogP contribution in [0.2, 0.25) is 0 Å². The van der Waals surface area contributed by atoms with E-state index in [1.165, 1.54) is 10.9 Å². The third kappa shape index (κ3) is 2.21. The minimum absolute atomic E-state index is 0.0170. The second-order valence-electron chi connectivity index (χ2n) is 6.00. The van der Waals surface area contributed by atoms with Gasteiger partial charge in [0.15, 0.2) is 0 Å². The second-order valence-corrected chi connectivity index (χ2v) is 6.00. The van der Waals surface area contributed by atoms with Gasteiger partial charge < -0.3 is 14.2 Å². The van der Waals surface area contributed by atoms with Gasteiger partial charge in [0.2, 0.25) is 5.91 Å². The first kappa shape index (κ1) is 14.0. The standard InChI is InChI=1S/C17H17N3O3/c1-19-10-18-14-8-20(7-6-12(14)16(19)21)17(22)13-9-23-15-5-3-2-4-11(13)15/h2-5,10,13H,6-9H2,1H3. The maximum atomic E-state index is 12.9. The Labute approximate surface area is 133 Å². The molecular weight excluding hydrogens is 294 g/mol. The highest BCUT2D eigenvalue weighted by molar-refractivity contribution is 5.85. The lowest BCUT2D eigenvalue weighted by Crippen LogP contribution is -2.42. The summed E-state index contributed by atoms with van der Waals surface area (Å²) < 4.78 is 7.09. The Morgan fingerprint density at radius 2 is 2.17 bits per heavy atom. The van der Waals surface area contributed by atoms with Gasteiger partial charge in [-0.2, -0.15) is 0 Å². The number of hydrogen-bond acceptors (Lipinski definition) is 4. The van der Waals surface area contributed by atoms with Crippen molar-refractivity contribution in [2.75, 3.05) is 13.2 Å². The van der Waals surface area contributed by atoms with Gasteiger partial charge in [-0.3, -0.25) is 9.59 Å². The fourth-order valence-corrected chi connectivity index (χ4v) is 3.29. The van der Waals surface area contributed by atoms with Gasteiger partial charge in [0, 0.05) is 24.7 Å². The molecule has 1 aromatic heterocycles. The summed E-state index contributed by atoms with van der Waals surface area (Å²) >= 11 is 0. The van der Waals surface area contributed by atoms with Crippen molar-refractivity contribution in [2.24, 2.45) is 7.05 Å². The van der Waals surface area contributed by atoms with Gasteiger partial charge in [-0.1, -0.05) is 18.2 Å². The lowest BCUT2D eigenvalue weighted by Gasteiger charge is -2.29. The molecule has 1 aromatic carbocycles. The summed E-state index contributed by atoms with van der Waals surface area (Å²) in [6.07, 6.45) is 2.07. The summed E-state index contributed by atoms with van der Waals surface area (Å²) in [5.74, 6) is 0.567. The number of benzene rings is 1. The highest BCUT2D eigenvalue weighted by Gasteiger charge is 2.35. The summed E-state index contributed by atoms with van der Waals surface area (Å²) in [4.78, 5) is 31.1. The number of aromatic nitrogens is 2. The number of amides is 1. The van der Waals surface area contributed by atoms with Gasteiger partial charge >= 0.3 is 0 Å². The number of fused-ring (bicyclic) bond motifs is 2. The van der Waals surface area contributed by atoms with Crippen LogP contribution in [0.1, 0.15) is 22.7 Å². The Balaban J connectivity index is 1.60. The predicted octanol–water partition coefficient (Wildman–Crippen LogP) is 0.841. The number of para-hydroxylation sites is 1. The van der Waals surface area contributed by atoms with E-state index in [1.54, 1.807) is 11.9 Å². The molecule has 0 aliphatic carbocycles. The zero-order valence-corrected chi connectivity index (χ0v) is 12.9. The molecule has 0 radical (unpaired) electrons. The van der Waals surface area contributed by atoms with Crippen LogP contribution in [-0.4, -0.2) is 33.5 Å². The van der Waals surface area contributed by atoms with E-state index in [9.17, 15) is 9.59 Å². The normalized spacial score (nSPS) is 19.0. The second kappa shape index (κ2) is 5.22. The molecule has 2 aromatic rings. The zero-order valence-electron chi connectivity index (χ0n) is 12.9.